The second-order valence-corrected chi connectivity index (χ2v) is 5.02. The van der Waals surface area contributed by atoms with Crippen LogP contribution in [0.1, 0.15) is 35.4 Å². The molecule has 2 aromatic rings. The summed E-state index contributed by atoms with van der Waals surface area (Å²) in [5, 5.41) is 13.1. The van der Waals surface area contributed by atoms with Gasteiger partial charge in [-0.2, -0.15) is 0 Å². The first-order valence-corrected chi connectivity index (χ1v) is 7.16. The topological polar surface area (TPSA) is 71.7 Å². The van der Waals surface area contributed by atoms with Gasteiger partial charge in [-0.05, 0) is 49.6 Å². The number of nitrogens with one attached hydrogen (secondary N) is 1. The molecule has 0 saturated heterocycles. The van der Waals surface area contributed by atoms with E-state index in [1.54, 1.807) is 13.2 Å². The number of hydrogen-bond acceptors (Lipinski definition) is 4. The molecule has 5 heteroatoms. The molecule has 0 saturated carbocycles. The predicted molar refractivity (Wildman–Crippen MR) is 80.6 cm³/mol. The van der Waals surface area contributed by atoms with Crippen molar-refractivity contribution < 1.29 is 19.1 Å². The zero-order valence-electron chi connectivity index (χ0n) is 12.2. The normalized spacial score (nSPS) is 11.1. The molecule has 2 rings (SSSR count). The molecule has 2 N–H and O–H groups in total. The smallest absolute Gasteiger partial charge is 0.371 e. The first kappa shape index (κ1) is 15.5. The van der Waals surface area contributed by atoms with Crippen LogP contribution in [0.25, 0.3) is 11.0 Å². The van der Waals surface area contributed by atoms with Crippen LogP contribution in [0.4, 0.5) is 0 Å². The number of rotatable bonds is 9. The second-order valence-electron chi connectivity index (χ2n) is 5.02. The standard InChI is InChI=1S/C16H21NO4/c1-20-8-4-2-3-7-17-11-12-5-6-14-13(9-12)10-15(21-14)16(18)19/h5-6,9-10,17H,2-4,7-8,11H2,1H3,(H,18,19). The van der Waals surface area contributed by atoms with Gasteiger partial charge in [0, 0.05) is 25.6 Å². The van der Waals surface area contributed by atoms with Gasteiger partial charge in [0.25, 0.3) is 0 Å². The largest absolute Gasteiger partial charge is 0.475 e. The zero-order chi connectivity index (χ0) is 15.1. The molecule has 0 unspecified atom stereocenters. The Bertz CT molecular complexity index is 591. The molecule has 1 aromatic heterocycles. The Morgan fingerprint density at radius 1 is 1.29 bits per heavy atom. The lowest BCUT2D eigenvalue weighted by atomic mass is 10.1. The Morgan fingerprint density at radius 3 is 2.90 bits per heavy atom. The van der Waals surface area contributed by atoms with Gasteiger partial charge in [-0.3, -0.25) is 0 Å². The van der Waals surface area contributed by atoms with Crippen LogP contribution in [-0.4, -0.2) is 31.3 Å². The van der Waals surface area contributed by atoms with Crippen LogP contribution in [-0.2, 0) is 11.3 Å². The summed E-state index contributed by atoms with van der Waals surface area (Å²) < 4.78 is 10.2. The third-order valence-electron chi connectivity index (χ3n) is 3.32. The lowest BCUT2D eigenvalue weighted by Gasteiger charge is -2.05. The second kappa shape index (κ2) is 7.81. The van der Waals surface area contributed by atoms with Crippen molar-refractivity contribution in [2.24, 2.45) is 0 Å². The molecule has 1 heterocycles. The average Bonchev–Trinajstić information content (AvgIpc) is 2.90. The highest BCUT2D eigenvalue weighted by Crippen LogP contribution is 2.20. The van der Waals surface area contributed by atoms with Crippen LogP contribution < -0.4 is 5.32 Å². The van der Waals surface area contributed by atoms with Gasteiger partial charge in [0.15, 0.2) is 0 Å². The van der Waals surface area contributed by atoms with Gasteiger partial charge in [0.05, 0.1) is 0 Å². The number of ether oxygens (including phenoxy) is 1. The van der Waals surface area contributed by atoms with E-state index in [-0.39, 0.29) is 5.76 Å². The van der Waals surface area contributed by atoms with Crippen LogP contribution >= 0.6 is 0 Å². The molecule has 0 fully saturated rings. The molecule has 0 atom stereocenters. The van der Waals surface area contributed by atoms with Crippen LogP contribution in [0.2, 0.25) is 0 Å². The molecule has 0 spiro atoms. The zero-order valence-corrected chi connectivity index (χ0v) is 12.2. The number of methoxy groups -OCH3 is 1. The number of aromatic carboxylic acids is 1. The summed E-state index contributed by atoms with van der Waals surface area (Å²) in [6, 6.07) is 7.29. The highest BCUT2D eigenvalue weighted by Gasteiger charge is 2.10. The third-order valence-corrected chi connectivity index (χ3v) is 3.32. The molecule has 0 radical (unpaired) electrons. The summed E-state index contributed by atoms with van der Waals surface area (Å²) >= 11 is 0. The van der Waals surface area contributed by atoms with Crippen molar-refractivity contribution in [1.29, 1.82) is 0 Å². The van der Waals surface area contributed by atoms with Gasteiger partial charge in [0.1, 0.15) is 5.58 Å². The summed E-state index contributed by atoms with van der Waals surface area (Å²) in [4.78, 5) is 10.9. The summed E-state index contributed by atoms with van der Waals surface area (Å²) in [5.74, 6) is -1.06. The van der Waals surface area contributed by atoms with Crippen molar-refractivity contribution in [2.75, 3.05) is 20.3 Å². The average molecular weight is 291 g/mol. The number of carbonyl (C=O) groups is 1. The lowest BCUT2D eigenvalue weighted by Crippen LogP contribution is -2.14. The summed E-state index contributed by atoms with van der Waals surface area (Å²) in [7, 11) is 1.72. The van der Waals surface area contributed by atoms with Gasteiger partial charge in [-0.1, -0.05) is 6.07 Å². The number of furan rings is 1. The van der Waals surface area contributed by atoms with E-state index in [9.17, 15) is 4.79 Å². The van der Waals surface area contributed by atoms with Gasteiger partial charge < -0.3 is 19.6 Å². The summed E-state index contributed by atoms with van der Waals surface area (Å²) in [5.41, 5.74) is 1.73. The number of unbranched alkanes of at least 4 members (excludes halogenated alkanes) is 2. The fourth-order valence-electron chi connectivity index (χ4n) is 2.21. The van der Waals surface area contributed by atoms with E-state index in [1.165, 1.54) is 0 Å². The molecule has 21 heavy (non-hydrogen) atoms. The minimum Gasteiger partial charge on any atom is -0.475 e. The van der Waals surface area contributed by atoms with Crippen molar-refractivity contribution in [3.8, 4) is 0 Å². The van der Waals surface area contributed by atoms with Crippen molar-refractivity contribution in [3.05, 3.63) is 35.6 Å². The Morgan fingerprint density at radius 2 is 2.14 bits per heavy atom. The minimum atomic E-state index is -1.04. The predicted octanol–water partition coefficient (Wildman–Crippen LogP) is 3.04. The number of carboxylic acids is 1. The van der Waals surface area contributed by atoms with Crippen molar-refractivity contribution in [3.63, 3.8) is 0 Å². The Kier molecular flexibility index (Phi) is 5.78. The van der Waals surface area contributed by atoms with Gasteiger partial charge in [-0.25, -0.2) is 4.79 Å². The fraction of sp³-hybridized carbons (Fsp3) is 0.438. The molecule has 0 bridgehead atoms. The van der Waals surface area contributed by atoms with E-state index < -0.39 is 5.97 Å². The highest BCUT2D eigenvalue weighted by atomic mass is 16.5. The Labute approximate surface area is 123 Å². The molecular weight excluding hydrogens is 270 g/mol. The lowest BCUT2D eigenvalue weighted by molar-refractivity contribution is 0.0665. The maximum Gasteiger partial charge on any atom is 0.371 e. The molecular formula is C16H21NO4. The maximum absolute atomic E-state index is 10.9. The van der Waals surface area contributed by atoms with Crippen molar-refractivity contribution in [1.82, 2.24) is 5.32 Å². The van der Waals surface area contributed by atoms with Crippen LogP contribution in [0.5, 0.6) is 0 Å². The molecule has 5 nitrogen and oxygen atoms in total. The summed E-state index contributed by atoms with van der Waals surface area (Å²) in [6.45, 7) is 2.56. The van der Waals surface area contributed by atoms with Crippen LogP contribution in [0.3, 0.4) is 0 Å². The molecule has 1 aromatic carbocycles. The minimum absolute atomic E-state index is 0.0201. The van der Waals surface area contributed by atoms with Gasteiger partial charge in [0.2, 0.25) is 5.76 Å². The Balaban J connectivity index is 1.81. The van der Waals surface area contributed by atoms with E-state index in [0.29, 0.717) is 5.58 Å². The number of carboxylic acid groups (broad SMARTS) is 1. The van der Waals surface area contributed by atoms with Gasteiger partial charge >= 0.3 is 5.97 Å². The quantitative estimate of drug-likeness (QED) is 0.695. The fourth-order valence-corrected chi connectivity index (χ4v) is 2.21. The van der Waals surface area contributed by atoms with Crippen molar-refractivity contribution in [2.45, 2.75) is 25.8 Å². The Hall–Kier alpha value is -1.85. The maximum atomic E-state index is 10.9. The first-order valence-electron chi connectivity index (χ1n) is 7.16. The highest BCUT2D eigenvalue weighted by molar-refractivity contribution is 5.91. The van der Waals surface area contributed by atoms with E-state index in [1.807, 2.05) is 18.2 Å². The van der Waals surface area contributed by atoms with E-state index >= 15 is 0 Å². The number of benzene rings is 1. The van der Waals surface area contributed by atoms with E-state index in [0.717, 1.165) is 49.9 Å². The monoisotopic (exact) mass is 291 g/mol. The van der Waals surface area contributed by atoms with Crippen LogP contribution in [0.15, 0.2) is 28.7 Å². The van der Waals surface area contributed by atoms with Crippen molar-refractivity contribution >= 4 is 16.9 Å². The number of hydrogen-bond donors (Lipinski definition) is 2. The molecule has 0 aliphatic carbocycles. The molecule has 114 valence electrons. The van der Waals surface area contributed by atoms with E-state index in [4.69, 9.17) is 14.3 Å². The molecule has 0 amide bonds. The number of fused-ring (bicyclic) bond motifs is 1. The van der Waals surface area contributed by atoms with E-state index in [2.05, 4.69) is 5.32 Å². The van der Waals surface area contributed by atoms with Gasteiger partial charge in [-0.15, -0.1) is 0 Å². The molecule has 0 aliphatic rings. The van der Waals surface area contributed by atoms with Crippen LogP contribution in [0, 0.1) is 0 Å². The SMILES string of the molecule is COCCCCCNCc1ccc2oc(C(=O)O)cc2c1. The third kappa shape index (κ3) is 4.58. The summed E-state index contributed by atoms with van der Waals surface area (Å²) in [6.07, 6.45) is 3.38. The first-order chi connectivity index (χ1) is 10.2. The molecule has 0 aliphatic heterocycles.